The Kier molecular flexibility index (Phi) is 2.63. The Morgan fingerprint density at radius 1 is 1.08 bits per heavy atom. The molecule has 0 aliphatic heterocycles. The zero-order valence-electron chi connectivity index (χ0n) is 6.90. The zero-order valence-corrected chi connectivity index (χ0v) is 6.90. The largest absolute Gasteiger partial charge is 0.483 e. The van der Waals surface area contributed by atoms with Gasteiger partial charge in [0.15, 0.2) is 0 Å². The van der Waals surface area contributed by atoms with E-state index in [1.807, 2.05) is 0 Å². The van der Waals surface area contributed by atoms with Gasteiger partial charge in [-0.1, -0.05) is 0 Å². The summed E-state index contributed by atoms with van der Waals surface area (Å²) >= 11 is 0. The summed E-state index contributed by atoms with van der Waals surface area (Å²) in [5.41, 5.74) is 0. The Labute approximate surface area is 70.0 Å². The zero-order chi connectivity index (χ0) is 9.14. The molecule has 65 valence electrons. The van der Waals surface area contributed by atoms with Crippen LogP contribution < -0.4 is 4.74 Å². The van der Waals surface area contributed by atoms with E-state index < -0.39 is 11.6 Å². The van der Waals surface area contributed by atoms with Gasteiger partial charge in [-0.05, 0) is 13.8 Å². The molecule has 1 aromatic carbocycles. The molecule has 0 saturated carbocycles. The van der Waals surface area contributed by atoms with Crippen molar-refractivity contribution in [3.63, 3.8) is 0 Å². The summed E-state index contributed by atoms with van der Waals surface area (Å²) in [5.74, 6) is -1.08. The van der Waals surface area contributed by atoms with E-state index in [1.54, 1.807) is 13.8 Å². The van der Waals surface area contributed by atoms with Crippen LogP contribution in [0.15, 0.2) is 18.2 Å². The SMILES string of the molecule is C[C](C)Oc1cc(F)cc(F)c1. The summed E-state index contributed by atoms with van der Waals surface area (Å²) in [6.07, 6.45) is 0.639. The fourth-order valence-electron chi connectivity index (χ4n) is 0.823. The van der Waals surface area contributed by atoms with Gasteiger partial charge in [0, 0.05) is 18.2 Å². The highest BCUT2D eigenvalue weighted by atomic mass is 19.1. The second-order valence-electron chi connectivity index (χ2n) is 2.62. The lowest BCUT2D eigenvalue weighted by molar-refractivity contribution is 0.341. The quantitative estimate of drug-likeness (QED) is 0.664. The Bertz CT molecular complexity index is 251. The van der Waals surface area contributed by atoms with Crippen LogP contribution >= 0.6 is 0 Å². The average molecular weight is 171 g/mol. The summed E-state index contributed by atoms with van der Waals surface area (Å²) in [6, 6.07) is 3.07. The molecular weight excluding hydrogens is 162 g/mol. The topological polar surface area (TPSA) is 9.23 Å². The lowest BCUT2D eigenvalue weighted by Crippen LogP contribution is -1.97. The first-order valence-corrected chi connectivity index (χ1v) is 3.52. The van der Waals surface area contributed by atoms with E-state index >= 15 is 0 Å². The van der Waals surface area contributed by atoms with Crippen molar-refractivity contribution in [3.05, 3.63) is 35.9 Å². The molecule has 0 atom stereocenters. The lowest BCUT2D eigenvalue weighted by atomic mass is 10.3. The van der Waals surface area contributed by atoms with Crippen LogP contribution in [0, 0.1) is 17.7 Å². The second kappa shape index (κ2) is 3.52. The maximum absolute atomic E-state index is 12.5. The van der Waals surface area contributed by atoms with Crippen LogP contribution in [0.2, 0.25) is 0 Å². The van der Waals surface area contributed by atoms with Gasteiger partial charge in [0.2, 0.25) is 0 Å². The number of hydrogen-bond donors (Lipinski definition) is 0. The third-order valence-corrected chi connectivity index (χ3v) is 1.16. The van der Waals surface area contributed by atoms with Crippen LogP contribution in [-0.4, -0.2) is 0 Å². The number of benzene rings is 1. The smallest absolute Gasteiger partial charge is 0.142 e. The lowest BCUT2D eigenvalue weighted by Gasteiger charge is -2.07. The standard InChI is InChI=1S/C9H9F2O/c1-6(2)12-9-4-7(10)3-8(11)5-9/h3-5H,1-2H3. The van der Waals surface area contributed by atoms with Crippen molar-refractivity contribution in [1.29, 1.82) is 0 Å². The van der Waals surface area contributed by atoms with E-state index in [4.69, 9.17) is 4.74 Å². The molecule has 0 N–H and O–H groups in total. The van der Waals surface area contributed by atoms with Crippen molar-refractivity contribution >= 4 is 0 Å². The van der Waals surface area contributed by atoms with Crippen molar-refractivity contribution in [2.75, 3.05) is 0 Å². The van der Waals surface area contributed by atoms with Crippen molar-refractivity contribution in [1.82, 2.24) is 0 Å². The maximum atomic E-state index is 12.5. The van der Waals surface area contributed by atoms with Gasteiger partial charge >= 0.3 is 0 Å². The first-order chi connectivity index (χ1) is 5.58. The minimum Gasteiger partial charge on any atom is -0.483 e. The van der Waals surface area contributed by atoms with Gasteiger partial charge in [0.25, 0.3) is 0 Å². The fourth-order valence-corrected chi connectivity index (χ4v) is 0.823. The van der Waals surface area contributed by atoms with Crippen LogP contribution in [0.5, 0.6) is 5.75 Å². The van der Waals surface area contributed by atoms with Crippen LogP contribution in [0.25, 0.3) is 0 Å². The molecule has 1 radical (unpaired) electrons. The predicted octanol–water partition coefficient (Wildman–Crippen LogP) is 2.92. The van der Waals surface area contributed by atoms with Crippen molar-refractivity contribution in [3.8, 4) is 5.75 Å². The summed E-state index contributed by atoms with van der Waals surface area (Å²) in [5, 5.41) is 0. The van der Waals surface area contributed by atoms with Gasteiger partial charge in [-0.15, -0.1) is 0 Å². The fraction of sp³-hybridized carbons (Fsp3) is 0.222. The van der Waals surface area contributed by atoms with E-state index in [2.05, 4.69) is 0 Å². The number of halogens is 2. The number of ether oxygens (including phenoxy) is 1. The van der Waals surface area contributed by atoms with Gasteiger partial charge < -0.3 is 4.74 Å². The van der Waals surface area contributed by atoms with E-state index in [0.717, 1.165) is 18.2 Å². The van der Waals surface area contributed by atoms with Gasteiger partial charge in [-0.2, -0.15) is 0 Å². The predicted molar refractivity (Wildman–Crippen MR) is 41.6 cm³/mol. The first-order valence-electron chi connectivity index (χ1n) is 3.52. The summed E-state index contributed by atoms with van der Waals surface area (Å²) < 4.78 is 30.1. The summed E-state index contributed by atoms with van der Waals surface area (Å²) in [4.78, 5) is 0. The Hall–Kier alpha value is -1.12. The van der Waals surface area contributed by atoms with E-state index in [9.17, 15) is 8.78 Å². The molecule has 1 rings (SSSR count). The molecule has 0 aliphatic rings. The molecule has 0 fully saturated rings. The second-order valence-corrected chi connectivity index (χ2v) is 2.62. The average Bonchev–Trinajstić information content (AvgIpc) is 1.81. The van der Waals surface area contributed by atoms with Crippen molar-refractivity contribution in [2.45, 2.75) is 13.8 Å². The molecule has 3 heteroatoms. The van der Waals surface area contributed by atoms with Gasteiger partial charge in [-0.25, -0.2) is 8.78 Å². The maximum Gasteiger partial charge on any atom is 0.142 e. The highest BCUT2D eigenvalue weighted by Crippen LogP contribution is 2.18. The van der Waals surface area contributed by atoms with E-state index in [1.165, 1.54) is 0 Å². The van der Waals surface area contributed by atoms with Gasteiger partial charge in [-0.3, -0.25) is 0 Å². The number of hydrogen-bond acceptors (Lipinski definition) is 1. The molecule has 12 heavy (non-hydrogen) atoms. The molecule has 0 amide bonds. The molecule has 0 aromatic heterocycles. The molecule has 0 heterocycles. The third kappa shape index (κ3) is 2.49. The molecule has 0 spiro atoms. The van der Waals surface area contributed by atoms with Crippen LogP contribution in [0.4, 0.5) is 8.78 Å². The Balaban J connectivity index is 2.85. The van der Waals surface area contributed by atoms with Crippen molar-refractivity contribution in [2.24, 2.45) is 0 Å². The van der Waals surface area contributed by atoms with Crippen LogP contribution in [0.3, 0.4) is 0 Å². The number of rotatable bonds is 2. The highest BCUT2D eigenvalue weighted by molar-refractivity contribution is 5.24. The minimum absolute atomic E-state index is 0.188. The molecular formula is C9H9F2O. The van der Waals surface area contributed by atoms with E-state index in [0.29, 0.717) is 6.10 Å². The highest BCUT2D eigenvalue weighted by Gasteiger charge is 2.03. The molecule has 0 aliphatic carbocycles. The molecule has 1 nitrogen and oxygen atoms in total. The molecule has 0 saturated heterocycles. The monoisotopic (exact) mass is 171 g/mol. The summed E-state index contributed by atoms with van der Waals surface area (Å²) in [6.45, 7) is 3.42. The Morgan fingerprint density at radius 3 is 2.00 bits per heavy atom. The molecule has 1 aromatic rings. The minimum atomic E-state index is -0.633. The van der Waals surface area contributed by atoms with Gasteiger partial charge in [0.1, 0.15) is 23.5 Å². The normalized spacial score (nSPS) is 10.4. The first kappa shape index (κ1) is 8.97. The Morgan fingerprint density at radius 2 is 1.58 bits per heavy atom. The van der Waals surface area contributed by atoms with Gasteiger partial charge in [0.05, 0.1) is 0 Å². The third-order valence-electron chi connectivity index (χ3n) is 1.16. The van der Waals surface area contributed by atoms with E-state index in [-0.39, 0.29) is 5.75 Å². The van der Waals surface area contributed by atoms with Crippen molar-refractivity contribution < 1.29 is 13.5 Å². The van der Waals surface area contributed by atoms with Crippen LogP contribution in [0.1, 0.15) is 13.8 Å². The summed E-state index contributed by atoms with van der Waals surface area (Å²) in [7, 11) is 0. The molecule has 0 unspecified atom stereocenters. The molecule has 0 bridgehead atoms. The van der Waals surface area contributed by atoms with Crippen LogP contribution in [-0.2, 0) is 0 Å².